The van der Waals surface area contributed by atoms with Crippen LogP contribution >= 0.6 is 0 Å². The highest BCUT2D eigenvalue weighted by Crippen LogP contribution is 2.31. The van der Waals surface area contributed by atoms with Crippen LogP contribution in [0.1, 0.15) is 35.9 Å². The van der Waals surface area contributed by atoms with Crippen molar-refractivity contribution in [2.45, 2.75) is 31.9 Å². The van der Waals surface area contributed by atoms with E-state index in [0.717, 1.165) is 36.2 Å². The molecule has 0 spiro atoms. The van der Waals surface area contributed by atoms with Gasteiger partial charge in [-0.15, -0.1) is 0 Å². The van der Waals surface area contributed by atoms with Crippen LogP contribution in [0.15, 0.2) is 0 Å². The third-order valence-electron chi connectivity index (χ3n) is 2.70. The van der Waals surface area contributed by atoms with Crippen molar-refractivity contribution in [1.29, 1.82) is 0 Å². The molecule has 4 heteroatoms. The minimum Gasteiger partial charge on any atom is -0.388 e. The van der Waals surface area contributed by atoms with Crippen molar-refractivity contribution in [3.63, 3.8) is 0 Å². The molecule has 0 fully saturated rings. The molecule has 0 saturated carbocycles. The lowest BCUT2D eigenvalue weighted by molar-refractivity contribution is 0.155. The van der Waals surface area contributed by atoms with Crippen LogP contribution in [0.2, 0.25) is 0 Å². The summed E-state index contributed by atoms with van der Waals surface area (Å²) < 4.78 is 1.79. The molecular formula is C9H15N3O. The van der Waals surface area contributed by atoms with Crippen molar-refractivity contribution in [2.75, 3.05) is 0 Å². The predicted molar refractivity (Wildman–Crippen MR) is 49.0 cm³/mol. The summed E-state index contributed by atoms with van der Waals surface area (Å²) in [5.41, 5.74) is 8.60. The van der Waals surface area contributed by atoms with E-state index in [9.17, 15) is 5.11 Å². The lowest BCUT2D eigenvalue weighted by Crippen LogP contribution is -2.12. The normalized spacial score (nSPS) is 21.6. The Hall–Kier alpha value is -0.870. The molecule has 1 heterocycles. The fraction of sp³-hybridized carbons (Fsp3) is 0.667. The minimum atomic E-state index is -0.351. The molecule has 1 aliphatic rings. The first-order valence-corrected chi connectivity index (χ1v) is 4.66. The summed E-state index contributed by atoms with van der Waals surface area (Å²) in [6.45, 7) is 0.454. The van der Waals surface area contributed by atoms with Gasteiger partial charge in [-0.3, -0.25) is 4.68 Å². The summed E-state index contributed by atoms with van der Waals surface area (Å²) in [6, 6.07) is 0. The smallest absolute Gasteiger partial charge is 0.0826 e. The van der Waals surface area contributed by atoms with E-state index in [4.69, 9.17) is 5.73 Å². The average Bonchev–Trinajstić information content (AvgIpc) is 2.42. The molecular weight excluding hydrogens is 166 g/mol. The highest BCUT2D eigenvalue weighted by atomic mass is 16.3. The van der Waals surface area contributed by atoms with E-state index in [-0.39, 0.29) is 6.10 Å². The Balaban J connectivity index is 2.51. The largest absolute Gasteiger partial charge is 0.388 e. The second-order valence-corrected chi connectivity index (χ2v) is 3.54. The van der Waals surface area contributed by atoms with Crippen LogP contribution in [0.4, 0.5) is 0 Å². The van der Waals surface area contributed by atoms with Gasteiger partial charge in [0, 0.05) is 19.2 Å². The fourth-order valence-electron chi connectivity index (χ4n) is 2.05. The van der Waals surface area contributed by atoms with Gasteiger partial charge >= 0.3 is 0 Å². The van der Waals surface area contributed by atoms with Crippen LogP contribution in [0.5, 0.6) is 0 Å². The van der Waals surface area contributed by atoms with Crippen molar-refractivity contribution in [3.8, 4) is 0 Å². The summed E-state index contributed by atoms with van der Waals surface area (Å²) in [7, 11) is 1.88. The van der Waals surface area contributed by atoms with Crippen molar-refractivity contribution < 1.29 is 5.11 Å². The SMILES string of the molecule is Cn1nc2c(c1CN)C(O)CCC2. The van der Waals surface area contributed by atoms with Gasteiger partial charge in [-0.2, -0.15) is 5.10 Å². The molecule has 1 aromatic heterocycles. The number of hydrogen-bond donors (Lipinski definition) is 2. The van der Waals surface area contributed by atoms with Gasteiger partial charge in [0.25, 0.3) is 0 Å². The minimum absolute atomic E-state index is 0.351. The average molecular weight is 181 g/mol. The van der Waals surface area contributed by atoms with Crippen LogP contribution in [0.3, 0.4) is 0 Å². The Morgan fingerprint density at radius 2 is 2.46 bits per heavy atom. The number of nitrogens with zero attached hydrogens (tertiary/aromatic N) is 2. The van der Waals surface area contributed by atoms with E-state index in [0.29, 0.717) is 6.54 Å². The molecule has 13 heavy (non-hydrogen) atoms. The Morgan fingerprint density at radius 1 is 1.69 bits per heavy atom. The van der Waals surface area contributed by atoms with Crippen LogP contribution in [0.25, 0.3) is 0 Å². The number of aromatic nitrogens is 2. The number of aryl methyl sites for hydroxylation is 2. The maximum Gasteiger partial charge on any atom is 0.0826 e. The molecule has 3 N–H and O–H groups in total. The van der Waals surface area contributed by atoms with Crippen LogP contribution in [0, 0.1) is 0 Å². The number of rotatable bonds is 1. The number of hydrogen-bond acceptors (Lipinski definition) is 3. The first-order valence-electron chi connectivity index (χ1n) is 4.66. The zero-order chi connectivity index (χ0) is 9.42. The highest BCUT2D eigenvalue weighted by molar-refractivity contribution is 5.30. The quantitative estimate of drug-likeness (QED) is 0.652. The molecule has 1 atom stereocenters. The number of aliphatic hydroxyl groups is 1. The maximum atomic E-state index is 9.78. The van der Waals surface area contributed by atoms with E-state index in [1.807, 2.05) is 7.05 Å². The third kappa shape index (κ3) is 1.26. The zero-order valence-electron chi connectivity index (χ0n) is 7.82. The topological polar surface area (TPSA) is 64.1 Å². The molecule has 0 aliphatic heterocycles. The van der Waals surface area contributed by atoms with Gasteiger partial charge in [-0.25, -0.2) is 0 Å². The molecule has 72 valence electrons. The van der Waals surface area contributed by atoms with Crippen LogP contribution < -0.4 is 5.73 Å². The van der Waals surface area contributed by atoms with E-state index in [2.05, 4.69) is 5.10 Å². The van der Waals surface area contributed by atoms with Crippen molar-refractivity contribution in [1.82, 2.24) is 9.78 Å². The third-order valence-corrected chi connectivity index (χ3v) is 2.70. The summed E-state index contributed by atoms with van der Waals surface area (Å²) in [6.07, 6.45) is 2.48. The van der Waals surface area contributed by atoms with Gasteiger partial charge in [-0.1, -0.05) is 0 Å². The molecule has 0 radical (unpaired) electrons. The molecule has 0 amide bonds. The Morgan fingerprint density at radius 3 is 3.15 bits per heavy atom. The molecule has 0 saturated heterocycles. The predicted octanol–water partition coefficient (Wildman–Crippen LogP) is 0.248. The van der Waals surface area contributed by atoms with Gasteiger partial charge in [0.1, 0.15) is 0 Å². The van der Waals surface area contributed by atoms with E-state index >= 15 is 0 Å². The lowest BCUT2D eigenvalue weighted by atomic mass is 9.93. The molecule has 1 aliphatic carbocycles. The molecule has 4 nitrogen and oxygen atoms in total. The molecule has 1 aromatic rings. The Bertz CT molecular complexity index is 319. The Labute approximate surface area is 77.4 Å². The lowest BCUT2D eigenvalue weighted by Gasteiger charge is -2.17. The van der Waals surface area contributed by atoms with Gasteiger partial charge < -0.3 is 10.8 Å². The van der Waals surface area contributed by atoms with Crippen molar-refractivity contribution >= 4 is 0 Å². The summed E-state index contributed by atoms with van der Waals surface area (Å²) in [5.74, 6) is 0. The molecule has 1 unspecified atom stereocenters. The van der Waals surface area contributed by atoms with Crippen LogP contribution in [-0.2, 0) is 20.0 Å². The summed E-state index contributed by atoms with van der Waals surface area (Å²) in [4.78, 5) is 0. The van der Waals surface area contributed by atoms with E-state index in [1.165, 1.54) is 0 Å². The molecule has 2 rings (SSSR count). The van der Waals surface area contributed by atoms with Gasteiger partial charge in [0.2, 0.25) is 0 Å². The number of aliphatic hydroxyl groups excluding tert-OH is 1. The maximum absolute atomic E-state index is 9.78. The van der Waals surface area contributed by atoms with E-state index in [1.54, 1.807) is 4.68 Å². The standard InChI is InChI=1S/C9H15N3O/c1-12-7(5-10)9-6(11-12)3-2-4-8(9)13/h8,13H,2-5,10H2,1H3. The zero-order valence-corrected chi connectivity index (χ0v) is 7.82. The van der Waals surface area contributed by atoms with Gasteiger partial charge in [0.05, 0.1) is 17.5 Å². The first kappa shape index (κ1) is 8.72. The molecule has 0 aromatic carbocycles. The monoisotopic (exact) mass is 181 g/mol. The van der Waals surface area contributed by atoms with Gasteiger partial charge in [0.15, 0.2) is 0 Å². The summed E-state index contributed by atoms with van der Waals surface area (Å²) >= 11 is 0. The van der Waals surface area contributed by atoms with E-state index < -0.39 is 0 Å². The van der Waals surface area contributed by atoms with Crippen LogP contribution in [-0.4, -0.2) is 14.9 Å². The van der Waals surface area contributed by atoms with Crippen molar-refractivity contribution in [3.05, 3.63) is 17.0 Å². The van der Waals surface area contributed by atoms with Gasteiger partial charge in [-0.05, 0) is 19.3 Å². The second kappa shape index (κ2) is 3.12. The fourth-order valence-corrected chi connectivity index (χ4v) is 2.05. The van der Waals surface area contributed by atoms with Crippen molar-refractivity contribution in [2.24, 2.45) is 12.8 Å². The molecule has 0 bridgehead atoms. The summed E-state index contributed by atoms with van der Waals surface area (Å²) in [5, 5.41) is 14.1. The second-order valence-electron chi connectivity index (χ2n) is 3.54. The highest BCUT2D eigenvalue weighted by Gasteiger charge is 2.25. The Kier molecular flexibility index (Phi) is 2.09. The number of nitrogens with two attached hydrogens (primary N) is 1. The first-order chi connectivity index (χ1) is 6.24. The number of fused-ring (bicyclic) bond motifs is 1.